The first-order chi connectivity index (χ1) is 6.81. The Balaban J connectivity index is 2.73. The molecule has 2 rings (SSSR count). The zero-order valence-electron chi connectivity index (χ0n) is 8.05. The summed E-state index contributed by atoms with van der Waals surface area (Å²) in [5.74, 6) is 0. The van der Waals surface area contributed by atoms with E-state index in [9.17, 15) is 4.79 Å². The molecular weight excluding hydrogens is 174 g/mol. The van der Waals surface area contributed by atoms with Crippen molar-refractivity contribution in [3.8, 4) is 0 Å². The Morgan fingerprint density at radius 2 is 2.36 bits per heavy atom. The van der Waals surface area contributed by atoms with E-state index < -0.39 is 0 Å². The highest BCUT2D eigenvalue weighted by molar-refractivity contribution is 5.80. The Morgan fingerprint density at radius 1 is 1.50 bits per heavy atom. The zero-order valence-corrected chi connectivity index (χ0v) is 8.05. The summed E-state index contributed by atoms with van der Waals surface area (Å²) >= 11 is 0. The summed E-state index contributed by atoms with van der Waals surface area (Å²) in [6.07, 6.45) is 1.97. The molecule has 0 saturated carbocycles. The minimum absolute atomic E-state index is 0.0585. The van der Waals surface area contributed by atoms with Crippen molar-refractivity contribution in [2.45, 2.75) is 19.8 Å². The highest BCUT2D eigenvalue weighted by Gasteiger charge is 2.00. The third kappa shape index (κ3) is 1.49. The molecule has 0 aliphatic heterocycles. The summed E-state index contributed by atoms with van der Waals surface area (Å²) in [6, 6.07) is 11.2. The summed E-state index contributed by atoms with van der Waals surface area (Å²) in [6.45, 7) is 2.10. The first-order valence-electron chi connectivity index (χ1n) is 4.75. The molecular formula is C12H11NO. The van der Waals surface area contributed by atoms with Crippen LogP contribution in [0.5, 0.6) is 0 Å². The van der Waals surface area contributed by atoms with E-state index in [-0.39, 0.29) is 5.56 Å². The molecule has 0 unspecified atom stereocenters. The molecule has 1 aromatic heterocycles. The highest BCUT2D eigenvalue weighted by Crippen LogP contribution is 2.13. The Labute approximate surface area is 82.6 Å². The lowest BCUT2D eigenvalue weighted by Crippen LogP contribution is -2.06. The lowest BCUT2D eigenvalue weighted by atomic mass is 10.1. The average molecular weight is 185 g/mol. The van der Waals surface area contributed by atoms with Crippen molar-refractivity contribution in [2.75, 3.05) is 0 Å². The molecule has 1 heterocycles. The van der Waals surface area contributed by atoms with E-state index in [2.05, 4.69) is 24.0 Å². The maximum Gasteiger partial charge on any atom is 0.249 e. The quantitative estimate of drug-likeness (QED) is 0.763. The SMILES string of the molecule is CCCc1cc(=O)[nH]c2c#cccc12. The second-order valence-corrected chi connectivity index (χ2v) is 3.30. The van der Waals surface area contributed by atoms with E-state index in [1.54, 1.807) is 6.07 Å². The van der Waals surface area contributed by atoms with Gasteiger partial charge in [-0.2, -0.15) is 0 Å². The minimum Gasteiger partial charge on any atom is -0.315 e. The maximum atomic E-state index is 11.3. The van der Waals surface area contributed by atoms with Gasteiger partial charge < -0.3 is 4.98 Å². The third-order valence-corrected chi connectivity index (χ3v) is 2.22. The Kier molecular flexibility index (Phi) is 2.24. The first-order valence-corrected chi connectivity index (χ1v) is 4.75. The van der Waals surface area contributed by atoms with E-state index >= 15 is 0 Å². The van der Waals surface area contributed by atoms with Gasteiger partial charge >= 0.3 is 0 Å². The van der Waals surface area contributed by atoms with Gasteiger partial charge in [0.1, 0.15) is 5.52 Å². The van der Waals surface area contributed by atoms with Gasteiger partial charge in [0.05, 0.1) is 0 Å². The van der Waals surface area contributed by atoms with Crippen LogP contribution in [0.4, 0.5) is 0 Å². The van der Waals surface area contributed by atoms with Crippen LogP contribution < -0.4 is 5.56 Å². The number of rotatable bonds is 2. The van der Waals surface area contributed by atoms with Gasteiger partial charge in [-0.15, -0.1) is 0 Å². The van der Waals surface area contributed by atoms with Gasteiger partial charge in [-0.25, -0.2) is 0 Å². The van der Waals surface area contributed by atoms with E-state index in [0.29, 0.717) is 0 Å². The molecule has 1 aromatic carbocycles. The highest BCUT2D eigenvalue weighted by atomic mass is 16.1. The van der Waals surface area contributed by atoms with Gasteiger partial charge in [-0.05, 0) is 30.2 Å². The number of hydrogen-bond acceptors (Lipinski definition) is 1. The molecule has 0 radical (unpaired) electrons. The standard InChI is InChI=1S/C12H11NO/c1-2-5-9-8-12(14)13-11-7-4-3-6-10(9)11/h3,6,8H,2,5H2,1H3,(H,13,14). The van der Waals surface area contributed by atoms with Crippen molar-refractivity contribution in [1.29, 1.82) is 0 Å². The molecule has 2 aromatic rings. The number of nitrogens with one attached hydrogen (secondary N) is 1. The van der Waals surface area contributed by atoms with Crippen molar-refractivity contribution in [3.63, 3.8) is 0 Å². The topological polar surface area (TPSA) is 32.9 Å². The van der Waals surface area contributed by atoms with Crippen LogP contribution in [0.1, 0.15) is 18.9 Å². The summed E-state index contributed by atoms with van der Waals surface area (Å²) in [5, 5.41) is 1.07. The van der Waals surface area contributed by atoms with Crippen molar-refractivity contribution < 1.29 is 0 Å². The lowest BCUT2D eigenvalue weighted by Gasteiger charge is -2.01. The summed E-state index contributed by atoms with van der Waals surface area (Å²) in [5.41, 5.74) is 1.79. The fourth-order valence-electron chi connectivity index (χ4n) is 1.63. The second-order valence-electron chi connectivity index (χ2n) is 3.30. The minimum atomic E-state index is -0.0585. The van der Waals surface area contributed by atoms with Gasteiger partial charge in [0.2, 0.25) is 5.56 Å². The number of fused-ring (bicyclic) bond motifs is 1. The fraction of sp³-hybridized carbons (Fsp3) is 0.250. The summed E-state index contributed by atoms with van der Waals surface area (Å²) < 4.78 is 0. The monoisotopic (exact) mass is 185 g/mol. The van der Waals surface area contributed by atoms with Crippen molar-refractivity contribution in [3.05, 3.63) is 46.2 Å². The van der Waals surface area contributed by atoms with Crippen molar-refractivity contribution in [1.82, 2.24) is 4.98 Å². The van der Waals surface area contributed by atoms with Gasteiger partial charge in [0, 0.05) is 11.5 Å². The number of aromatic nitrogens is 1. The van der Waals surface area contributed by atoms with E-state index in [1.165, 1.54) is 0 Å². The van der Waals surface area contributed by atoms with Gasteiger partial charge in [-0.3, -0.25) is 4.79 Å². The van der Waals surface area contributed by atoms with E-state index in [0.717, 1.165) is 29.3 Å². The lowest BCUT2D eigenvalue weighted by molar-refractivity contribution is 0.925. The first kappa shape index (κ1) is 8.83. The normalized spacial score (nSPS) is 10.1. The van der Waals surface area contributed by atoms with Crippen molar-refractivity contribution >= 4 is 10.9 Å². The second kappa shape index (κ2) is 3.55. The molecule has 2 heteroatoms. The van der Waals surface area contributed by atoms with Crippen molar-refractivity contribution in [2.24, 2.45) is 0 Å². The molecule has 0 aliphatic carbocycles. The van der Waals surface area contributed by atoms with Crippen LogP contribution >= 0.6 is 0 Å². The third-order valence-electron chi connectivity index (χ3n) is 2.22. The molecule has 0 spiro atoms. The molecule has 0 amide bonds. The van der Waals surface area contributed by atoms with E-state index in [4.69, 9.17) is 0 Å². The molecule has 0 saturated heterocycles. The number of aryl methyl sites for hydroxylation is 1. The van der Waals surface area contributed by atoms with Crippen LogP contribution in [-0.2, 0) is 6.42 Å². The van der Waals surface area contributed by atoms with E-state index in [1.807, 2.05) is 12.1 Å². The van der Waals surface area contributed by atoms with Crippen LogP contribution in [0, 0.1) is 12.1 Å². The number of pyridine rings is 1. The van der Waals surface area contributed by atoms with Crippen LogP contribution in [-0.4, -0.2) is 4.98 Å². The average Bonchev–Trinajstić information content (AvgIpc) is 2.18. The van der Waals surface area contributed by atoms with Crippen LogP contribution in [0.2, 0.25) is 0 Å². The van der Waals surface area contributed by atoms with Gasteiger partial charge in [0.15, 0.2) is 0 Å². The maximum absolute atomic E-state index is 11.3. The number of hydrogen-bond donors (Lipinski definition) is 1. The smallest absolute Gasteiger partial charge is 0.249 e. The fourth-order valence-corrected chi connectivity index (χ4v) is 1.63. The molecule has 0 fully saturated rings. The number of H-pyrrole nitrogens is 1. The zero-order chi connectivity index (χ0) is 9.97. The Morgan fingerprint density at radius 3 is 3.14 bits per heavy atom. The largest absolute Gasteiger partial charge is 0.315 e. The summed E-state index contributed by atoms with van der Waals surface area (Å²) in [4.78, 5) is 14.0. The summed E-state index contributed by atoms with van der Waals surface area (Å²) in [7, 11) is 0. The van der Waals surface area contributed by atoms with Gasteiger partial charge in [-0.1, -0.05) is 19.4 Å². The molecule has 0 atom stereocenters. The Hall–Kier alpha value is -1.75. The van der Waals surface area contributed by atoms with Crippen LogP contribution in [0.25, 0.3) is 10.9 Å². The predicted molar refractivity (Wildman–Crippen MR) is 56.2 cm³/mol. The number of aromatic amines is 1. The molecule has 0 aliphatic rings. The molecule has 1 N–H and O–H groups in total. The molecule has 0 bridgehead atoms. The molecule has 2 nitrogen and oxygen atoms in total. The molecule has 14 heavy (non-hydrogen) atoms. The van der Waals surface area contributed by atoms with Gasteiger partial charge in [0.25, 0.3) is 0 Å². The van der Waals surface area contributed by atoms with Crippen LogP contribution in [0.3, 0.4) is 0 Å². The van der Waals surface area contributed by atoms with Crippen LogP contribution in [0.15, 0.2) is 23.0 Å². The Bertz CT molecular complexity index is 499. The molecule has 70 valence electrons. The predicted octanol–water partition coefficient (Wildman–Crippen LogP) is 2.08.